The average Bonchev–Trinajstić information content (AvgIpc) is 2.51. The molecule has 0 bridgehead atoms. The highest BCUT2D eigenvalue weighted by molar-refractivity contribution is 7.92. The van der Waals surface area contributed by atoms with Crippen LogP contribution in [0.5, 0.6) is 5.75 Å². The van der Waals surface area contributed by atoms with Crippen LogP contribution in [0, 0.1) is 10.1 Å². The molecule has 0 radical (unpaired) electrons. The van der Waals surface area contributed by atoms with Crippen LogP contribution in [0.25, 0.3) is 0 Å². The molecule has 0 aliphatic rings. The number of hydrogen-bond acceptors (Lipinski definition) is 7. The molecule has 0 saturated heterocycles. The van der Waals surface area contributed by atoms with Crippen molar-refractivity contribution in [2.45, 2.75) is 26.9 Å². The Balaban J connectivity index is 3.41. The highest BCUT2D eigenvalue weighted by Crippen LogP contribution is 2.34. The summed E-state index contributed by atoms with van der Waals surface area (Å²) in [6.45, 7) is 4.06. The maximum absolute atomic E-state index is 12.4. The zero-order valence-corrected chi connectivity index (χ0v) is 14.7. The molecule has 0 fully saturated rings. The van der Waals surface area contributed by atoms with Crippen LogP contribution in [0.3, 0.4) is 0 Å². The first kappa shape index (κ1) is 19.7. The summed E-state index contributed by atoms with van der Waals surface area (Å²) in [5, 5.41) is 11.0. The Morgan fingerprint density at radius 3 is 2.46 bits per heavy atom. The lowest BCUT2D eigenvalue weighted by Crippen LogP contribution is -2.38. The van der Waals surface area contributed by atoms with Gasteiger partial charge in [0, 0.05) is 12.1 Å². The van der Waals surface area contributed by atoms with Crippen molar-refractivity contribution >= 4 is 27.4 Å². The number of hydrogen-bond donors (Lipinski definition) is 0. The average molecular weight is 360 g/mol. The lowest BCUT2D eigenvalue weighted by molar-refractivity contribution is -0.384. The van der Waals surface area contributed by atoms with Gasteiger partial charge in [-0.2, -0.15) is 0 Å². The van der Waals surface area contributed by atoms with Crippen LogP contribution < -0.4 is 9.04 Å². The summed E-state index contributed by atoms with van der Waals surface area (Å²) in [6, 6.07) is 3.51. The van der Waals surface area contributed by atoms with Crippen molar-refractivity contribution in [1.82, 2.24) is 0 Å². The zero-order valence-electron chi connectivity index (χ0n) is 13.9. The third kappa shape index (κ3) is 4.82. The van der Waals surface area contributed by atoms with Crippen molar-refractivity contribution < 1.29 is 27.6 Å². The molecular formula is C14H20N2O7S. The second-order valence-corrected chi connectivity index (χ2v) is 7.24. The number of nitrogens with zero attached hydrogens (tertiary/aromatic N) is 2. The van der Waals surface area contributed by atoms with Crippen LogP contribution in [-0.2, 0) is 19.6 Å². The first-order chi connectivity index (χ1) is 11.1. The Morgan fingerprint density at radius 1 is 1.38 bits per heavy atom. The summed E-state index contributed by atoms with van der Waals surface area (Å²) in [5.74, 6) is -0.973. The fourth-order valence-electron chi connectivity index (χ4n) is 1.89. The van der Waals surface area contributed by atoms with Gasteiger partial charge in [-0.15, -0.1) is 0 Å². The molecule has 1 aromatic rings. The first-order valence-electron chi connectivity index (χ1n) is 7.14. The Labute approximate surface area is 140 Å². The van der Waals surface area contributed by atoms with Crippen LogP contribution >= 0.6 is 0 Å². The van der Waals surface area contributed by atoms with Crippen molar-refractivity contribution in [2.24, 2.45) is 0 Å². The molecule has 1 aromatic carbocycles. The molecule has 0 aromatic heterocycles. The minimum absolute atomic E-state index is 0.0887. The number of rotatable bonds is 8. The van der Waals surface area contributed by atoms with Crippen molar-refractivity contribution in [3.8, 4) is 5.75 Å². The minimum atomic E-state index is -3.89. The normalized spacial score (nSPS) is 11.2. The first-order valence-corrected chi connectivity index (χ1v) is 8.75. The van der Waals surface area contributed by atoms with E-state index >= 15 is 0 Å². The van der Waals surface area contributed by atoms with Gasteiger partial charge in [0.1, 0.15) is 18.0 Å². The predicted molar refractivity (Wildman–Crippen MR) is 87.7 cm³/mol. The number of nitro groups is 1. The third-order valence-corrected chi connectivity index (χ3v) is 4.71. The van der Waals surface area contributed by atoms with Crippen LogP contribution in [-0.4, -0.2) is 44.8 Å². The highest BCUT2D eigenvalue weighted by atomic mass is 32.2. The lowest BCUT2D eigenvalue weighted by atomic mass is 10.2. The molecule has 0 amide bonds. The van der Waals surface area contributed by atoms with E-state index in [1.807, 2.05) is 0 Å². The molecule has 0 spiro atoms. The topological polar surface area (TPSA) is 116 Å². The largest absolute Gasteiger partial charge is 0.495 e. The fraction of sp³-hybridized carbons (Fsp3) is 0.500. The van der Waals surface area contributed by atoms with Crippen LogP contribution in [0.2, 0.25) is 0 Å². The van der Waals surface area contributed by atoms with Crippen molar-refractivity contribution in [3.05, 3.63) is 28.3 Å². The molecule has 10 heteroatoms. The summed E-state index contributed by atoms with van der Waals surface area (Å²) >= 11 is 0. The standard InChI is InChI=1S/C14H20N2O7S/c1-5-24(20,21)15(9-14(17)23-10(2)3)12-8-11(16(18)19)6-7-13(12)22-4/h6-8,10H,5,9H2,1-4H3. The van der Waals surface area contributed by atoms with Gasteiger partial charge in [0.25, 0.3) is 5.69 Å². The molecule has 0 aliphatic heterocycles. The Kier molecular flexibility index (Phi) is 6.52. The Morgan fingerprint density at radius 2 is 2.00 bits per heavy atom. The van der Waals surface area contributed by atoms with Crippen LogP contribution in [0.15, 0.2) is 18.2 Å². The summed E-state index contributed by atoms with van der Waals surface area (Å²) in [5.41, 5.74) is -0.409. The number of methoxy groups -OCH3 is 1. The molecule has 0 aliphatic carbocycles. The van der Waals surface area contributed by atoms with Gasteiger partial charge in [-0.3, -0.25) is 19.2 Å². The molecule has 9 nitrogen and oxygen atoms in total. The predicted octanol–water partition coefficient (Wildman–Crippen LogP) is 1.71. The maximum Gasteiger partial charge on any atom is 0.327 e. The molecule has 134 valence electrons. The Hall–Kier alpha value is -2.36. The van der Waals surface area contributed by atoms with Gasteiger partial charge in [0.05, 0.1) is 23.9 Å². The molecule has 1 rings (SSSR count). The third-order valence-electron chi connectivity index (χ3n) is 2.98. The summed E-state index contributed by atoms with van der Waals surface area (Å²) < 4.78 is 35.5. The second kappa shape index (κ2) is 7.95. The van der Waals surface area contributed by atoms with E-state index in [1.54, 1.807) is 13.8 Å². The van der Waals surface area contributed by atoms with E-state index in [0.29, 0.717) is 0 Å². The number of sulfonamides is 1. The van der Waals surface area contributed by atoms with Gasteiger partial charge in [-0.1, -0.05) is 0 Å². The van der Waals surface area contributed by atoms with Crippen molar-refractivity contribution in [2.75, 3.05) is 23.7 Å². The van der Waals surface area contributed by atoms with Crippen LogP contribution in [0.4, 0.5) is 11.4 Å². The van der Waals surface area contributed by atoms with E-state index in [0.717, 1.165) is 10.4 Å². The number of nitro benzene ring substituents is 1. The monoisotopic (exact) mass is 360 g/mol. The van der Waals surface area contributed by atoms with Crippen LogP contribution in [0.1, 0.15) is 20.8 Å². The number of anilines is 1. The number of carbonyl (C=O) groups is 1. The van der Waals surface area contributed by atoms with Crippen molar-refractivity contribution in [3.63, 3.8) is 0 Å². The Bertz CT molecular complexity index is 716. The highest BCUT2D eigenvalue weighted by Gasteiger charge is 2.28. The maximum atomic E-state index is 12.4. The second-order valence-electron chi connectivity index (χ2n) is 5.06. The molecule has 0 unspecified atom stereocenters. The van der Waals surface area contributed by atoms with Gasteiger partial charge in [0.2, 0.25) is 10.0 Å². The van der Waals surface area contributed by atoms with E-state index in [-0.39, 0.29) is 22.9 Å². The SMILES string of the molecule is CCS(=O)(=O)N(CC(=O)OC(C)C)c1cc([N+](=O)[O-])ccc1OC. The molecule has 0 N–H and O–H groups in total. The van der Waals surface area contributed by atoms with Gasteiger partial charge in [0.15, 0.2) is 0 Å². The molecule has 0 atom stereocenters. The molecule has 0 saturated carbocycles. The van der Waals surface area contributed by atoms with E-state index in [1.165, 1.54) is 26.2 Å². The van der Waals surface area contributed by atoms with E-state index in [9.17, 15) is 23.3 Å². The number of esters is 1. The fourth-order valence-corrected chi connectivity index (χ4v) is 2.95. The van der Waals surface area contributed by atoms with Gasteiger partial charge in [-0.25, -0.2) is 8.42 Å². The zero-order chi connectivity index (χ0) is 18.5. The van der Waals surface area contributed by atoms with Crippen molar-refractivity contribution in [1.29, 1.82) is 0 Å². The summed E-state index contributed by atoms with van der Waals surface area (Å²) in [4.78, 5) is 22.2. The lowest BCUT2D eigenvalue weighted by Gasteiger charge is -2.24. The van der Waals surface area contributed by atoms with Gasteiger partial charge in [-0.05, 0) is 26.8 Å². The molecule has 24 heavy (non-hydrogen) atoms. The summed E-state index contributed by atoms with van der Waals surface area (Å²) in [7, 11) is -2.59. The number of ether oxygens (including phenoxy) is 2. The number of benzene rings is 1. The van der Waals surface area contributed by atoms with E-state index < -0.39 is 33.6 Å². The molecule has 0 heterocycles. The van der Waals surface area contributed by atoms with Gasteiger partial charge < -0.3 is 9.47 Å². The molecular weight excluding hydrogens is 340 g/mol. The quantitative estimate of drug-likeness (QED) is 0.393. The number of non-ortho nitro benzene ring substituents is 1. The van der Waals surface area contributed by atoms with E-state index in [4.69, 9.17) is 9.47 Å². The summed E-state index contributed by atoms with van der Waals surface area (Å²) in [6.07, 6.45) is -0.421. The smallest absolute Gasteiger partial charge is 0.327 e. The minimum Gasteiger partial charge on any atom is -0.495 e. The van der Waals surface area contributed by atoms with E-state index in [2.05, 4.69) is 0 Å². The van der Waals surface area contributed by atoms with Gasteiger partial charge >= 0.3 is 5.97 Å². The number of carbonyl (C=O) groups excluding carboxylic acids is 1.